The van der Waals surface area contributed by atoms with Crippen molar-refractivity contribution >= 4 is 22.8 Å². The van der Waals surface area contributed by atoms with Gasteiger partial charge in [0.1, 0.15) is 6.54 Å². The molecule has 0 saturated carbocycles. The van der Waals surface area contributed by atoms with E-state index >= 15 is 0 Å². The molecule has 1 aromatic heterocycles. The van der Waals surface area contributed by atoms with Gasteiger partial charge in [0.05, 0.1) is 31.0 Å². The van der Waals surface area contributed by atoms with E-state index in [0.717, 1.165) is 10.9 Å². The predicted octanol–water partition coefficient (Wildman–Crippen LogP) is 0.280. The second-order valence-corrected chi connectivity index (χ2v) is 6.28. The van der Waals surface area contributed by atoms with Crippen LogP contribution in [0.2, 0.25) is 0 Å². The lowest BCUT2D eigenvalue weighted by molar-refractivity contribution is -0.142. The van der Waals surface area contributed by atoms with Gasteiger partial charge in [0.15, 0.2) is 0 Å². The van der Waals surface area contributed by atoms with Crippen molar-refractivity contribution in [2.24, 2.45) is 0 Å². The van der Waals surface area contributed by atoms with Crippen molar-refractivity contribution in [2.75, 3.05) is 39.8 Å². The average Bonchev–Trinajstić information content (AvgIpc) is 2.97. The Balaban J connectivity index is 1.59. The number of aromatic nitrogens is 2. The molecule has 0 aliphatic carbocycles. The molecule has 1 amide bonds. The Morgan fingerprint density at radius 2 is 2.20 bits per heavy atom. The summed E-state index contributed by atoms with van der Waals surface area (Å²) in [4.78, 5) is 26.8. The molecule has 0 spiro atoms. The van der Waals surface area contributed by atoms with Crippen molar-refractivity contribution in [3.8, 4) is 0 Å². The Morgan fingerprint density at radius 1 is 1.40 bits per heavy atom. The third-order valence-corrected chi connectivity index (χ3v) is 4.25. The summed E-state index contributed by atoms with van der Waals surface area (Å²) in [7, 11) is 1.73. The molecule has 2 aromatic rings. The summed E-state index contributed by atoms with van der Waals surface area (Å²) in [5.41, 5.74) is 0.932. The van der Waals surface area contributed by atoms with Gasteiger partial charge >= 0.3 is 5.97 Å². The smallest absolute Gasteiger partial charge is 0.317 e. The van der Waals surface area contributed by atoms with E-state index in [-0.39, 0.29) is 25.1 Å². The molecule has 1 aliphatic rings. The second kappa shape index (κ2) is 7.62. The number of morpholine rings is 1. The first-order chi connectivity index (χ1) is 12.0. The number of nitrogens with zero attached hydrogens (tertiary/aromatic N) is 4. The van der Waals surface area contributed by atoms with Crippen LogP contribution in [0.5, 0.6) is 0 Å². The van der Waals surface area contributed by atoms with Crippen molar-refractivity contribution < 1.29 is 19.4 Å². The summed E-state index contributed by atoms with van der Waals surface area (Å²) in [6, 6.07) is 7.77. The van der Waals surface area contributed by atoms with Gasteiger partial charge in [-0.3, -0.25) is 19.2 Å². The molecule has 8 heteroatoms. The van der Waals surface area contributed by atoms with Gasteiger partial charge in [0.2, 0.25) is 5.91 Å². The summed E-state index contributed by atoms with van der Waals surface area (Å²) >= 11 is 0. The molecule has 1 atom stereocenters. The summed E-state index contributed by atoms with van der Waals surface area (Å²) in [6.07, 6.45) is 1.57. The molecule has 0 radical (unpaired) electrons. The van der Waals surface area contributed by atoms with Crippen LogP contribution in [0.4, 0.5) is 0 Å². The molecule has 2 heterocycles. The fourth-order valence-electron chi connectivity index (χ4n) is 3.08. The number of ether oxygens (including phenoxy) is 1. The number of fused-ring (bicyclic) bond motifs is 1. The summed E-state index contributed by atoms with van der Waals surface area (Å²) in [5, 5.41) is 14.1. The van der Waals surface area contributed by atoms with Gasteiger partial charge in [-0.25, -0.2) is 0 Å². The highest BCUT2D eigenvalue weighted by atomic mass is 16.5. The van der Waals surface area contributed by atoms with Crippen molar-refractivity contribution in [3.63, 3.8) is 0 Å². The van der Waals surface area contributed by atoms with Crippen molar-refractivity contribution in [3.05, 3.63) is 30.5 Å². The van der Waals surface area contributed by atoms with Crippen LogP contribution in [0.3, 0.4) is 0 Å². The Labute approximate surface area is 145 Å². The minimum Gasteiger partial charge on any atom is -0.480 e. The fraction of sp³-hybridized carbons (Fsp3) is 0.471. The second-order valence-electron chi connectivity index (χ2n) is 6.28. The van der Waals surface area contributed by atoms with Gasteiger partial charge in [-0.2, -0.15) is 5.10 Å². The highest BCUT2D eigenvalue weighted by Gasteiger charge is 2.26. The number of para-hydroxylation sites is 1. The van der Waals surface area contributed by atoms with E-state index in [0.29, 0.717) is 26.2 Å². The lowest BCUT2D eigenvalue weighted by Crippen LogP contribution is -2.50. The zero-order chi connectivity index (χ0) is 17.8. The maximum Gasteiger partial charge on any atom is 0.317 e. The fourth-order valence-corrected chi connectivity index (χ4v) is 3.08. The molecule has 3 rings (SSSR count). The van der Waals surface area contributed by atoms with Crippen LogP contribution in [0, 0.1) is 0 Å². The van der Waals surface area contributed by atoms with Gasteiger partial charge in [-0.1, -0.05) is 18.2 Å². The van der Waals surface area contributed by atoms with Crippen LogP contribution in [0.1, 0.15) is 0 Å². The molecule has 25 heavy (non-hydrogen) atoms. The standard InChI is InChI=1S/C17H22N4O4/c1-19(12-17(23)24)9-14-10-20(6-7-25-14)16(22)11-21-15-5-3-2-4-13(15)8-18-21/h2-5,8,14H,6-7,9-12H2,1H3,(H,23,24). The number of rotatable bonds is 6. The molecule has 1 N–H and O–H groups in total. The first-order valence-corrected chi connectivity index (χ1v) is 8.23. The molecule has 1 aromatic carbocycles. The van der Waals surface area contributed by atoms with Crippen LogP contribution in [0.15, 0.2) is 30.5 Å². The lowest BCUT2D eigenvalue weighted by Gasteiger charge is -2.34. The highest BCUT2D eigenvalue weighted by molar-refractivity contribution is 5.82. The Hall–Kier alpha value is -2.45. The van der Waals surface area contributed by atoms with Crippen LogP contribution < -0.4 is 0 Å². The molecular formula is C17H22N4O4. The minimum absolute atomic E-state index is 0.0111. The number of carboxylic acids is 1. The molecule has 1 saturated heterocycles. The average molecular weight is 346 g/mol. The van der Waals surface area contributed by atoms with E-state index in [1.165, 1.54) is 0 Å². The third kappa shape index (κ3) is 4.34. The van der Waals surface area contributed by atoms with Crippen molar-refractivity contribution in [1.29, 1.82) is 0 Å². The number of hydrogen-bond acceptors (Lipinski definition) is 5. The number of carbonyl (C=O) groups is 2. The van der Waals surface area contributed by atoms with E-state index in [1.54, 1.807) is 27.7 Å². The zero-order valence-corrected chi connectivity index (χ0v) is 14.2. The van der Waals surface area contributed by atoms with Crippen LogP contribution in [0.25, 0.3) is 10.9 Å². The van der Waals surface area contributed by atoms with Gasteiger partial charge in [-0.15, -0.1) is 0 Å². The van der Waals surface area contributed by atoms with E-state index in [9.17, 15) is 9.59 Å². The van der Waals surface area contributed by atoms with E-state index in [4.69, 9.17) is 9.84 Å². The summed E-state index contributed by atoms with van der Waals surface area (Å²) in [6.45, 7) is 2.06. The van der Waals surface area contributed by atoms with Gasteiger partial charge in [0, 0.05) is 25.0 Å². The number of benzene rings is 1. The molecule has 8 nitrogen and oxygen atoms in total. The maximum atomic E-state index is 12.6. The number of carbonyl (C=O) groups excluding carboxylic acids is 1. The molecule has 1 aliphatic heterocycles. The first kappa shape index (κ1) is 17.4. The SMILES string of the molecule is CN(CC(=O)O)CC1CN(C(=O)Cn2ncc3ccccc32)CCO1. The Kier molecular flexibility index (Phi) is 5.30. The highest BCUT2D eigenvalue weighted by Crippen LogP contribution is 2.14. The Morgan fingerprint density at radius 3 is 3.00 bits per heavy atom. The molecule has 1 fully saturated rings. The normalized spacial score (nSPS) is 18.0. The quantitative estimate of drug-likeness (QED) is 0.808. The number of aliphatic carboxylic acids is 1. The first-order valence-electron chi connectivity index (χ1n) is 8.23. The van der Waals surface area contributed by atoms with E-state index in [2.05, 4.69) is 5.10 Å². The van der Waals surface area contributed by atoms with Crippen LogP contribution in [-0.2, 0) is 20.9 Å². The number of amides is 1. The predicted molar refractivity (Wildman–Crippen MR) is 91.2 cm³/mol. The zero-order valence-electron chi connectivity index (χ0n) is 14.2. The van der Waals surface area contributed by atoms with E-state index < -0.39 is 5.97 Å². The number of hydrogen-bond donors (Lipinski definition) is 1. The molecule has 134 valence electrons. The number of carboxylic acid groups (broad SMARTS) is 1. The largest absolute Gasteiger partial charge is 0.480 e. The van der Waals surface area contributed by atoms with Crippen LogP contribution in [-0.4, -0.2) is 82.5 Å². The summed E-state index contributed by atoms with van der Waals surface area (Å²) in [5.74, 6) is -0.889. The Bertz CT molecular complexity index is 760. The third-order valence-electron chi connectivity index (χ3n) is 4.25. The molecule has 0 bridgehead atoms. The van der Waals surface area contributed by atoms with E-state index in [1.807, 2.05) is 24.3 Å². The van der Waals surface area contributed by atoms with Crippen LogP contribution >= 0.6 is 0 Å². The molecular weight excluding hydrogens is 324 g/mol. The minimum atomic E-state index is -0.878. The monoisotopic (exact) mass is 346 g/mol. The van der Waals surface area contributed by atoms with Crippen molar-refractivity contribution in [2.45, 2.75) is 12.6 Å². The van der Waals surface area contributed by atoms with Crippen molar-refractivity contribution in [1.82, 2.24) is 19.6 Å². The van der Waals surface area contributed by atoms with Gasteiger partial charge in [0.25, 0.3) is 0 Å². The molecule has 1 unspecified atom stereocenters. The maximum absolute atomic E-state index is 12.6. The lowest BCUT2D eigenvalue weighted by atomic mass is 10.2. The van der Waals surface area contributed by atoms with Gasteiger partial charge in [-0.05, 0) is 13.1 Å². The van der Waals surface area contributed by atoms with Gasteiger partial charge < -0.3 is 14.7 Å². The summed E-state index contributed by atoms with van der Waals surface area (Å²) < 4.78 is 7.37. The number of likely N-dealkylation sites (N-methyl/N-ethyl adjacent to an activating group) is 1. The topological polar surface area (TPSA) is 87.9 Å².